The summed E-state index contributed by atoms with van der Waals surface area (Å²) in [5, 5.41) is 11.1. The largest absolute Gasteiger partial charge is 0.507 e. The summed E-state index contributed by atoms with van der Waals surface area (Å²) >= 11 is 0. The number of nitrogens with zero attached hydrogens (tertiary/aromatic N) is 1. The first kappa shape index (κ1) is 19.6. The first-order valence-electron chi connectivity index (χ1n) is 9.88. The van der Waals surface area contributed by atoms with Gasteiger partial charge in [0.15, 0.2) is 0 Å². The van der Waals surface area contributed by atoms with Crippen molar-refractivity contribution in [1.82, 2.24) is 0 Å². The van der Waals surface area contributed by atoms with Gasteiger partial charge in [-0.15, -0.1) is 0 Å². The Labute approximate surface area is 176 Å². The Morgan fingerprint density at radius 3 is 2.00 bits per heavy atom. The molecule has 1 unspecified atom stereocenters. The average molecular weight is 397 g/mol. The number of carbonyl (C=O) groups is 2. The van der Waals surface area contributed by atoms with Crippen molar-refractivity contribution >= 4 is 23.1 Å². The van der Waals surface area contributed by atoms with Gasteiger partial charge < -0.3 is 5.11 Å². The van der Waals surface area contributed by atoms with E-state index in [1.54, 1.807) is 12.1 Å². The van der Waals surface area contributed by atoms with Crippen molar-refractivity contribution in [2.45, 2.75) is 26.8 Å². The molecule has 1 saturated heterocycles. The molecule has 0 bridgehead atoms. The number of anilines is 1. The van der Waals surface area contributed by atoms with Gasteiger partial charge in [0.1, 0.15) is 5.76 Å². The van der Waals surface area contributed by atoms with Crippen LogP contribution in [0.2, 0.25) is 0 Å². The summed E-state index contributed by atoms with van der Waals surface area (Å²) in [6.45, 7) is 5.88. The molecule has 150 valence electrons. The van der Waals surface area contributed by atoms with E-state index in [4.69, 9.17) is 0 Å². The van der Waals surface area contributed by atoms with E-state index in [0.29, 0.717) is 11.3 Å². The fourth-order valence-electron chi connectivity index (χ4n) is 3.83. The minimum atomic E-state index is -0.700. The van der Waals surface area contributed by atoms with Gasteiger partial charge in [-0.25, -0.2) is 0 Å². The minimum Gasteiger partial charge on any atom is -0.507 e. The van der Waals surface area contributed by atoms with E-state index in [-0.39, 0.29) is 11.3 Å². The number of benzene rings is 3. The number of hydrogen-bond acceptors (Lipinski definition) is 3. The van der Waals surface area contributed by atoms with Crippen molar-refractivity contribution in [2.24, 2.45) is 0 Å². The predicted octanol–water partition coefficient (Wildman–Crippen LogP) is 5.24. The van der Waals surface area contributed by atoms with Crippen LogP contribution in [0, 0.1) is 20.8 Å². The first-order valence-corrected chi connectivity index (χ1v) is 9.88. The number of aliphatic hydroxyl groups excluding tert-OH is 1. The molecule has 4 nitrogen and oxygen atoms in total. The molecule has 1 atom stereocenters. The van der Waals surface area contributed by atoms with Crippen molar-refractivity contribution in [2.75, 3.05) is 4.90 Å². The van der Waals surface area contributed by atoms with Crippen molar-refractivity contribution in [3.63, 3.8) is 0 Å². The lowest BCUT2D eigenvalue weighted by atomic mass is 9.94. The number of aryl methyl sites for hydroxylation is 3. The molecule has 1 N–H and O–H groups in total. The van der Waals surface area contributed by atoms with Gasteiger partial charge >= 0.3 is 0 Å². The number of hydrogen-bond donors (Lipinski definition) is 1. The normalized spacial score (nSPS) is 18.1. The van der Waals surface area contributed by atoms with Crippen LogP contribution in [0.25, 0.3) is 5.76 Å². The minimum absolute atomic E-state index is 0.107. The van der Waals surface area contributed by atoms with E-state index in [0.717, 1.165) is 22.3 Å². The molecule has 0 saturated carbocycles. The van der Waals surface area contributed by atoms with Gasteiger partial charge in [-0.1, -0.05) is 77.4 Å². The van der Waals surface area contributed by atoms with E-state index in [1.807, 2.05) is 81.4 Å². The Hall–Kier alpha value is -3.66. The van der Waals surface area contributed by atoms with Crippen molar-refractivity contribution < 1.29 is 14.7 Å². The second-order valence-corrected chi connectivity index (χ2v) is 7.78. The van der Waals surface area contributed by atoms with Gasteiger partial charge in [0, 0.05) is 11.3 Å². The number of rotatable bonds is 3. The van der Waals surface area contributed by atoms with Crippen LogP contribution in [-0.2, 0) is 9.59 Å². The summed E-state index contributed by atoms with van der Waals surface area (Å²) in [6.07, 6.45) is 0. The maximum Gasteiger partial charge on any atom is 0.300 e. The van der Waals surface area contributed by atoms with E-state index >= 15 is 0 Å². The molecular formula is C26H23NO3. The van der Waals surface area contributed by atoms with Crippen molar-refractivity contribution in [1.29, 1.82) is 0 Å². The monoisotopic (exact) mass is 397 g/mol. The molecule has 3 aromatic rings. The maximum absolute atomic E-state index is 13.1. The molecule has 3 aromatic carbocycles. The summed E-state index contributed by atoms with van der Waals surface area (Å²) in [4.78, 5) is 27.7. The Morgan fingerprint density at radius 1 is 0.800 bits per heavy atom. The highest BCUT2D eigenvalue weighted by Gasteiger charge is 2.46. The highest BCUT2D eigenvalue weighted by molar-refractivity contribution is 6.51. The van der Waals surface area contributed by atoms with Crippen LogP contribution in [0.4, 0.5) is 5.69 Å². The van der Waals surface area contributed by atoms with Crippen LogP contribution in [-0.4, -0.2) is 16.8 Å². The molecule has 0 radical (unpaired) electrons. The van der Waals surface area contributed by atoms with E-state index < -0.39 is 17.7 Å². The Bertz CT molecular complexity index is 1160. The van der Waals surface area contributed by atoms with E-state index in [1.165, 1.54) is 4.90 Å². The zero-order chi connectivity index (χ0) is 21.4. The molecule has 0 spiro atoms. The molecule has 4 heteroatoms. The number of carbonyl (C=O) groups excluding carboxylic acids is 2. The molecule has 0 aliphatic carbocycles. The topological polar surface area (TPSA) is 57.6 Å². The predicted molar refractivity (Wildman–Crippen MR) is 118 cm³/mol. The smallest absolute Gasteiger partial charge is 0.300 e. The second kappa shape index (κ2) is 7.64. The molecule has 1 fully saturated rings. The quantitative estimate of drug-likeness (QED) is 0.374. The third kappa shape index (κ3) is 3.41. The molecule has 1 heterocycles. The molecular weight excluding hydrogens is 374 g/mol. The molecule has 4 rings (SSSR count). The summed E-state index contributed by atoms with van der Waals surface area (Å²) in [5.74, 6) is -1.48. The van der Waals surface area contributed by atoms with E-state index in [9.17, 15) is 14.7 Å². The second-order valence-electron chi connectivity index (χ2n) is 7.78. The lowest BCUT2D eigenvalue weighted by molar-refractivity contribution is -0.132. The van der Waals surface area contributed by atoms with Gasteiger partial charge in [0.05, 0.1) is 11.6 Å². The molecule has 0 aromatic heterocycles. The number of amides is 1. The van der Waals surface area contributed by atoms with Gasteiger partial charge in [0.2, 0.25) is 0 Å². The average Bonchev–Trinajstić information content (AvgIpc) is 3.00. The summed E-state index contributed by atoms with van der Waals surface area (Å²) in [6, 6.07) is 21.7. The highest BCUT2D eigenvalue weighted by Crippen LogP contribution is 2.42. The third-order valence-electron chi connectivity index (χ3n) is 5.44. The maximum atomic E-state index is 13.1. The fraction of sp³-hybridized carbons (Fsp3) is 0.154. The van der Waals surface area contributed by atoms with Gasteiger partial charge in [-0.2, -0.15) is 0 Å². The Kier molecular flexibility index (Phi) is 5.00. The van der Waals surface area contributed by atoms with Crippen LogP contribution in [0.5, 0.6) is 0 Å². The molecule has 1 aliphatic heterocycles. The summed E-state index contributed by atoms with van der Waals surface area (Å²) in [7, 11) is 0. The fourth-order valence-corrected chi connectivity index (χ4v) is 3.83. The van der Waals surface area contributed by atoms with Crippen LogP contribution >= 0.6 is 0 Å². The zero-order valence-electron chi connectivity index (χ0n) is 17.2. The van der Waals surface area contributed by atoms with Gasteiger partial charge in [0.25, 0.3) is 11.7 Å². The van der Waals surface area contributed by atoms with E-state index in [2.05, 4.69) is 0 Å². The number of aliphatic hydroxyl groups is 1. The Morgan fingerprint density at radius 2 is 1.40 bits per heavy atom. The third-order valence-corrected chi connectivity index (χ3v) is 5.44. The van der Waals surface area contributed by atoms with Gasteiger partial charge in [-0.3, -0.25) is 14.5 Å². The van der Waals surface area contributed by atoms with Gasteiger partial charge in [-0.05, 0) is 38.5 Å². The van der Waals surface area contributed by atoms with Crippen LogP contribution in [0.15, 0.2) is 78.4 Å². The van der Waals surface area contributed by atoms with Crippen LogP contribution < -0.4 is 4.90 Å². The lowest BCUT2D eigenvalue weighted by Crippen LogP contribution is -2.29. The standard InChI is InChI=1S/C26H23NO3/c1-16-7-11-19(12-8-16)24(28)22-23(20-6-4-5-18(3)15-20)27(26(30)25(22)29)21-13-9-17(2)10-14-21/h4-15,23,28H,1-3H3/b24-22-. The van der Waals surface area contributed by atoms with Crippen molar-refractivity contribution in [3.8, 4) is 0 Å². The first-order chi connectivity index (χ1) is 14.4. The van der Waals surface area contributed by atoms with Crippen LogP contribution in [0.3, 0.4) is 0 Å². The highest BCUT2D eigenvalue weighted by atomic mass is 16.3. The number of ketones is 1. The SMILES string of the molecule is Cc1ccc(/C(O)=C2/C(=O)C(=O)N(c3ccc(C)cc3)C2c2cccc(C)c2)cc1. The molecule has 1 aliphatic rings. The number of Topliss-reactive ketones (excluding diaryl/α,β-unsaturated/α-hetero) is 1. The lowest BCUT2D eigenvalue weighted by Gasteiger charge is -2.26. The van der Waals surface area contributed by atoms with Crippen molar-refractivity contribution in [3.05, 3.63) is 106 Å². The zero-order valence-corrected chi connectivity index (χ0v) is 17.2. The Balaban J connectivity index is 1.95. The summed E-state index contributed by atoms with van der Waals surface area (Å²) in [5.41, 5.74) is 5.14. The molecule has 30 heavy (non-hydrogen) atoms. The van der Waals surface area contributed by atoms with Crippen LogP contribution in [0.1, 0.15) is 33.9 Å². The summed E-state index contributed by atoms with van der Waals surface area (Å²) < 4.78 is 0. The molecule has 1 amide bonds.